The monoisotopic (exact) mass is 606 g/mol. The molecule has 0 fully saturated rings. The molecule has 0 saturated carbocycles. The topological polar surface area (TPSA) is 133 Å². The van der Waals surface area contributed by atoms with Crippen LogP contribution in [0.5, 0.6) is 0 Å². The number of ether oxygens (including phenoxy) is 2. The maximum absolute atomic E-state index is 11.0. The predicted octanol–water partition coefficient (Wildman–Crippen LogP) is 5.13. The third-order valence-electron chi connectivity index (χ3n) is 6.20. The zero-order valence-corrected chi connectivity index (χ0v) is 28.0. The van der Waals surface area contributed by atoms with Crippen molar-refractivity contribution >= 4 is 61.6 Å². The van der Waals surface area contributed by atoms with E-state index in [1.807, 2.05) is 0 Å². The molecule has 0 atom stereocenters. The van der Waals surface area contributed by atoms with E-state index in [-0.39, 0.29) is 37.7 Å². The van der Waals surface area contributed by atoms with E-state index in [2.05, 4.69) is 13.8 Å². The maximum Gasteiger partial charge on any atom is 2.00 e. The van der Waals surface area contributed by atoms with Gasteiger partial charge in [-0.3, -0.25) is 0 Å². The van der Waals surface area contributed by atoms with Gasteiger partial charge < -0.3 is 29.3 Å². The van der Waals surface area contributed by atoms with Crippen LogP contribution in [0.1, 0.15) is 142 Å². The Balaban J connectivity index is -0.000000688. The first-order valence-electron chi connectivity index (χ1n) is 15.4. The Bertz CT molecular complexity index is 633. The van der Waals surface area contributed by atoms with Crippen molar-refractivity contribution in [2.24, 2.45) is 0 Å². The van der Waals surface area contributed by atoms with Crippen molar-refractivity contribution in [3.63, 3.8) is 0 Å². The van der Waals surface area contributed by atoms with Crippen molar-refractivity contribution in [1.29, 1.82) is 0 Å². The first-order valence-corrected chi connectivity index (χ1v) is 15.4. The van der Waals surface area contributed by atoms with Gasteiger partial charge in [-0.25, -0.2) is 9.59 Å². The van der Waals surface area contributed by atoms with Gasteiger partial charge in [0.2, 0.25) is 0 Å². The molecule has 0 aliphatic heterocycles. The number of unbranched alkanes of at least 4 members (excludes halogenated alkanes) is 18. The van der Waals surface area contributed by atoms with Crippen molar-refractivity contribution in [1.82, 2.24) is 0 Å². The molecule has 0 saturated heterocycles. The summed E-state index contributed by atoms with van der Waals surface area (Å²) >= 11 is 0. The van der Waals surface area contributed by atoms with Gasteiger partial charge in [-0.15, -0.1) is 0 Å². The Kier molecular flexibility index (Phi) is 39.4. The van der Waals surface area contributed by atoms with Gasteiger partial charge in [0.05, 0.1) is 25.2 Å². The molecule has 232 valence electrons. The van der Waals surface area contributed by atoms with E-state index >= 15 is 0 Å². The van der Waals surface area contributed by atoms with Crippen LogP contribution >= 0.6 is 0 Å². The molecule has 0 N–H and O–H groups in total. The molecule has 8 nitrogen and oxygen atoms in total. The molecule has 9 heteroatoms. The molecule has 0 unspecified atom stereocenters. The summed E-state index contributed by atoms with van der Waals surface area (Å²) in [6.45, 7) is 5.15. The average Bonchev–Trinajstić information content (AvgIpc) is 2.92. The van der Waals surface area contributed by atoms with E-state index in [4.69, 9.17) is 9.47 Å². The summed E-state index contributed by atoms with van der Waals surface area (Å²) in [6, 6.07) is 0. The normalized spacial score (nSPS) is 10.6. The van der Waals surface area contributed by atoms with Gasteiger partial charge in [-0.2, -0.15) is 0 Å². The largest absolute Gasteiger partial charge is 2.00 e. The Labute approximate surface area is 278 Å². The molecule has 41 heavy (non-hydrogen) atoms. The van der Waals surface area contributed by atoms with Crippen LogP contribution < -0.4 is 10.2 Å². The zero-order valence-electron chi connectivity index (χ0n) is 25.8. The van der Waals surface area contributed by atoms with E-state index in [1.54, 1.807) is 0 Å². The molecule has 0 heterocycles. The third-order valence-corrected chi connectivity index (χ3v) is 6.20. The number of hydrogen-bond donors (Lipinski definition) is 0. The maximum atomic E-state index is 11.0. The van der Waals surface area contributed by atoms with Crippen LogP contribution in [-0.4, -0.2) is 74.8 Å². The quantitative estimate of drug-likeness (QED) is 0.0573. The van der Waals surface area contributed by atoms with Crippen molar-refractivity contribution in [2.45, 2.75) is 142 Å². The molecule has 0 aromatic rings. The SMILES string of the molecule is CCCCCCCCCCCCOC(=O)/C=C\C(=O)[O-].CCCCCCCCCCCCOC(=O)/C=C\C(=O)[O-].[Ca+2]. The summed E-state index contributed by atoms with van der Waals surface area (Å²) in [7, 11) is 0. The Hall–Kier alpha value is -1.38. The summed E-state index contributed by atoms with van der Waals surface area (Å²) < 4.78 is 9.70. The van der Waals surface area contributed by atoms with Gasteiger partial charge in [0, 0.05) is 12.2 Å². The average molecular weight is 607 g/mol. The third kappa shape index (κ3) is 43.2. The van der Waals surface area contributed by atoms with Crippen LogP contribution in [0.25, 0.3) is 0 Å². The second-order valence-electron chi connectivity index (χ2n) is 10.0. The van der Waals surface area contributed by atoms with Gasteiger partial charge in [0.15, 0.2) is 0 Å². The van der Waals surface area contributed by atoms with Crippen molar-refractivity contribution < 1.29 is 38.9 Å². The van der Waals surface area contributed by atoms with Crippen LogP contribution in [0.2, 0.25) is 0 Å². The molecule has 0 aromatic carbocycles. The standard InChI is InChI=1S/2C16H28O4.Ca/c2*1-2-3-4-5-6-7-8-9-10-11-14-20-16(19)13-12-15(17)18;/h2*12-13H,2-11,14H2,1H3,(H,17,18);/q;;+2/p-2/b2*13-12-;. The number of rotatable bonds is 26. The van der Waals surface area contributed by atoms with Crippen molar-refractivity contribution in [3.8, 4) is 0 Å². The van der Waals surface area contributed by atoms with E-state index in [1.165, 1.54) is 103 Å². The number of carbonyl (C=O) groups is 4. The van der Waals surface area contributed by atoms with E-state index in [9.17, 15) is 29.4 Å². The van der Waals surface area contributed by atoms with Crippen LogP contribution in [0.4, 0.5) is 0 Å². The van der Waals surface area contributed by atoms with Crippen molar-refractivity contribution in [3.05, 3.63) is 24.3 Å². The molecule has 0 spiro atoms. The predicted molar refractivity (Wildman–Crippen MR) is 160 cm³/mol. The number of carbonyl (C=O) groups excluding carboxylic acids is 4. The number of hydrogen-bond acceptors (Lipinski definition) is 8. The molecular formula is C32H54CaO8. The molecule has 0 bridgehead atoms. The second kappa shape index (κ2) is 36.6. The summed E-state index contributed by atoms with van der Waals surface area (Å²) in [5.41, 5.74) is 0. The Morgan fingerprint density at radius 3 is 0.927 bits per heavy atom. The molecule has 0 aliphatic carbocycles. The number of carboxylic acid groups (broad SMARTS) is 2. The smallest absolute Gasteiger partial charge is 0.545 e. The molecule has 0 aromatic heterocycles. The zero-order chi connectivity index (χ0) is 30.1. The molecular weight excluding hydrogens is 552 g/mol. The van der Waals surface area contributed by atoms with Crippen LogP contribution in [-0.2, 0) is 28.7 Å². The van der Waals surface area contributed by atoms with E-state index in [0.29, 0.717) is 25.4 Å². The van der Waals surface area contributed by atoms with Gasteiger partial charge in [0.1, 0.15) is 0 Å². The Morgan fingerprint density at radius 2 is 0.683 bits per heavy atom. The molecule has 0 aliphatic rings. The van der Waals surface area contributed by atoms with Gasteiger partial charge >= 0.3 is 49.7 Å². The molecule has 0 rings (SSSR count). The summed E-state index contributed by atoms with van der Waals surface area (Å²) in [4.78, 5) is 42.1. The number of esters is 2. The first-order chi connectivity index (χ1) is 19.3. The minimum absolute atomic E-state index is 0. The number of carboxylic acids is 2. The Morgan fingerprint density at radius 1 is 0.439 bits per heavy atom. The fraction of sp³-hybridized carbons (Fsp3) is 0.750. The van der Waals surface area contributed by atoms with Crippen LogP contribution in [0.3, 0.4) is 0 Å². The van der Waals surface area contributed by atoms with Gasteiger partial charge in [0.25, 0.3) is 0 Å². The molecule has 0 radical (unpaired) electrons. The van der Waals surface area contributed by atoms with Crippen LogP contribution in [0, 0.1) is 0 Å². The van der Waals surface area contributed by atoms with E-state index in [0.717, 1.165) is 37.8 Å². The van der Waals surface area contributed by atoms with Crippen LogP contribution in [0.15, 0.2) is 24.3 Å². The summed E-state index contributed by atoms with van der Waals surface area (Å²) in [5.74, 6) is -4.02. The van der Waals surface area contributed by atoms with Gasteiger partial charge in [-0.1, -0.05) is 129 Å². The molecule has 0 amide bonds. The van der Waals surface area contributed by atoms with Crippen molar-refractivity contribution in [2.75, 3.05) is 13.2 Å². The van der Waals surface area contributed by atoms with Gasteiger partial charge in [-0.05, 0) is 25.0 Å². The fourth-order valence-electron chi connectivity index (χ4n) is 3.89. The minimum Gasteiger partial charge on any atom is -0.545 e. The van der Waals surface area contributed by atoms with E-state index < -0.39 is 23.9 Å². The number of aliphatic carboxylic acids is 2. The fourth-order valence-corrected chi connectivity index (χ4v) is 3.89. The summed E-state index contributed by atoms with van der Waals surface area (Å²) in [6.07, 6.45) is 27.6. The second-order valence-corrected chi connectivity index (χ2v) is 10.0. The summed E-state index contributed by atoms with van der Waals surface area (Å²) in [5, 5.41) is 20.1. The first kappa shape index (κ1) is 44.1. The minimum atomic E-state index is -1.39.